The first-order valence-corrected chi connectivity index (χ1v) is 5.59. The lowest BCUT2D eigenvalue weighted by molar-refractivity contribution is -0.130. The Morgan fingerprint density at radius 1 is 1.41 bits per heavy atom. The number of halogens is 2. The second kappa shape index (κ2) is 7.54. The quantitative estimate of drug-likeness (QED) is 0.917. The summed E-state index contributed by atoms with van der Waals surface area (Å²) in [5.74, 6) is 0.0740. The molecule has 0 aromatic heterocycles. The van der Waals surface area contributed by atoms with Crippen LogP contribution in [0.2, 0.25) is 5.02 Å². The number of carbonyl (C=O) groups is 1. The summed E-state index contributed by atoms with van der Waals surface area (Å²) in [6.07, 6.45) is 0. The van der Waals surface area contributed by atoms with Gasteiger partial charge in [-0.2, -0.15) is 0 Å². The zero-order valence-corrected chi connectivity index (χ0v) is 11.8. The zero-order chi connectivity index (χ0) is 12.1. The van der Waals surface area contributed by atoms with Crippen molar-refractivity contribution < 1.29 is 4.79 Å². The van der Waals surface area contributed by atoms with Crippen molar-refractivity contribution >= 4 is 29.9 Å². The van der Waals surface area contributed by atoms with Gasteiger partial charge >= 0.3 is 0 Å². The van der Waals surface area contributed by atoms with Crippen LogP contribution in [0.15, 0.2) is 24.3 Å². The smallest absolute Gasteiger partial charge is 0.236 e. The molecule has 1 aromatic rings. The van der Waals surface area contributed by atoms with Crippen molar-refractivity contribution in [2.24, 2.45) is 0 Å². The fourth-order valence-electron chi connectivity index (χ4n) is 1.46. The van der Waals surface area contributed by atoms with E-state index in [9.17, 15) is 4.79 Å². The number of rotatable bonds is 4. The van der Waals surface area contributed by atoms with Crippen LogP contribution in [0.5, 0.6) is 0 Å². The molecule has 0 fully saturated rings. The van der Waals surface area contributed by atoms with Crippen LogP contribution >= 0.6 is 24.0 Å². The summed E-state index contributed by atoms with van der Waals surface area (Å²) in [5, 5.41) is 3.56. The van der Waals surface area contributed by atoms with Gasteiger partial charge in [0.15, 0.2) is 0 Å². The average Bonchev–Trinajstić information content (AvgIpc) is 2.28. The van der Waals surface area contributed by atoms with Crippen LogP contribution in [0.3, 0.4) is 0 Å². The fraction of sp³-hybridized carbons (Fsp3) is 0.417. The Hall–Kier alpha value is -0.770. The molecule has 1 amide bonds. The summed E-state index contributed by atoms with van der Waals surface area (Å²) in [5.41, 5.74) is 1.08. The highest BCUT2D eigenvalue weighted by Crippen LogP contribution is 2.20. The third kappa shape index (κ3) is 4.54. The van der Waals surface area contributed by atoms with Crippen LogP contribution in [0.1, 0.15) is 18.5 Å². The lowest BCUT2D eigenvalue weighted by atomic mass is 10.1. The Labute approximate surface area is 114 Å². The molecule has 1 N–H and O–H groups in total. The van der Waals surface area contributed by atoms with E-state index in [0.717, 1.165) is 5.56 Å². The Morgan fingerprint density at radius 3 is 2.41 bits per heavy atom. The lowest BCUT2D eigenvalue weighted by Gasteiger charge is -2.25. The monoisotopic (exact) mass is 276 g/mol. The van der Waals surface area contributed by atoms with Crippen molar-refractivity contribution in [3.05, 3.63) is 34.9 Å². The molecule has 0 aliphatic heterocycles. The Balaban J connectivity index is 0.00000256. The van der Waals surface area contributed by atoms with Crippen molar-refractivity contribution in [2.75, 3.05) is 20.6 Å². The molecule has 5 heteroatoms. The van der Waals surface area contributed by atoms with E-state index in [0.29, 0.717) is 11.6 Å². The summed E-state index contributed by atoms with van der Waals surface area (Å²) in [6.45, 7) is 2.35. The topological polar surface area (TPSA) is 32.3 Å². The highest BCUT2D eigenvalue weighted by molar-refractivity contribution is 6.30. The molecule has 17 heavy (non-hydrogen) atoms. The van der Waals surface area contributed by atoms with E-state index in [1.165, 1.54) is 0 Å². The van der Waals surface area contributed by atoms with E-state index >= 15 is 0 Å². The molecule has 3 nitrogen and oxygen atoms in total. The van der Waals surface area contributed by atoms with Gasteiger partial charge in [-0.1, -0.05) is 23.7 Å². The maximum absolute atomic E-state index is 11.7. The molecule has 0 bridgehead atoms. The number of nitrogens with one attached hydrogen (secondary N) is 1. The van der Waals surface area contributed by atoms with Gasteiger partial charge in [-0.3, -0.25) is 4.79 Å². The van der Waals surface area contributed by atoms with Gasteiger partial charge in [0.25, 0.3) is 0 Å². The summed E-state index contributed by atoms with van der Waals surface area (Å²) >= 11 is 5.82. The van der Waals surface area contributed by atoms with E-state index in [-0.39, 0.29) is 24.4 Å². The standard InChI is InChI=1S/C12H17ClN2O.ClH/c1-9(15(3)12(16)8-14-2)10-4-6-11(13)7-5-10;/h4-7,9,14H,8H2,1-3H3;1H. The predicted octanol–water partition coefficient (Wildman–Crippen LogP) is 2.50. The molecule has 0 aliphatic rings. The number of carbonyl (C=O) groups excluding carboxylic acids is 1. The van der Waals surface area contributed by atoms with Gasteiger partial charge in [0.2, 0.25) is 5.91 Å². The van der Waals surface area contributed by atoms with Crippen molar-refractivity contribution in [1.29, 1.82) is 0 Å². The number of amides is 1. The van der Waals surface area contributed by atoms with E-state index in [4.69, 9.17) is 11.6 Å². The maximum Gasteiger partial charge on any atom is 0.236 e. The second-order valence-electron chi connectivity index (χ2n) is 3.76. The minimum Gasteiger partial charge on any atom is -0.338 e. The molecule has 0 spiro atoms. The van der Waals surface area contributed by atoms with Crippen LogP contribution in [0.4, 0.5) is 0 Å². The largest absolute Gasteiger partial charge is 0.338 e. The van der Waals surface area contributed by atoms with Crippen LogP contribution in [-0.2, 0) is 4.79 Å². The lowest BCUT2D eigenvalue weighted by Crippen LogP contribution is -2.35. The average molecular weight is 277 g/mol. The van der Waals surface area contributed by atoms with Gasteiger partial charge in [0.05, 0.1) is 12.6 Å². The van der Waals surface area contributed by atoms with Crippen molar-refractivity contribution in [3.8, 4) is 0 Å². The van der Waals surface area contributed by atoms with Gasteiger partial charge in [0, 0.05) is 12.1 Å². The first-order valence-electron chi connectivity index (χ1n) is 5.22. The predicted molar refractivity (Wildman–Crippen MR) is 73.8 cm³/mol. The van der Waals surface area contributed by atoms with Gasteiger partial charge in [-0.05, 0) is 31.7 Å². The number of nitrogens with zero attached hydrogens (tertiary/aromatic N) is 1. The molecule has 0 aliphatic carbocycles. The van der Waals surface area contributed by atoms with E-state index in [2.05, 4.69) is 5.32 Å². The highest BCUT2D eigenvalue weighted by Gasteiger charge is 2.16. The molecule has 0 saturated carbocycles. The molecule has 1 unspecified atom stereocenters. The molecular formula is C12H18Cl2N2O. The molecule has 0 saturated heterocycles. The van der Waals surface area contributed by atoms with Gasteiger partial charge in [-0.25, -0.2) is 0 Å². The van der Waals surface area contributed by atoms with E-state index in [1.54, 1.807) is 19.0 Å². The number of benzene rings is 1. The summed E-state index contributed by atoms with van der Waals surface area (Å²) < 4.78 is 0. The van der Waals surface area contributed by atoms with E-state index < -0.39 is 0 Å². The fourth-order valence-corrected chi connectivity index (χ4v) is 1.58. The summed E-state index contributed by atoms with van der Waals surface area (Å²) in [6, 6.07) is 7.61. The zero-order valence-electron chi connectivity index (χ0n) is 10.2. The Morgan fingerprint density at radius 2 is 1.94 bits per heavy atom. The van der Waals surface area contributed by atoms with Crippen LogP contribution < -0.4 is 5.32 Å². The highest BCUT2D eigenvalue weighted by atomic mass is 35.5. The summed E-state index contributed by atoms with van der Waals surface area (Å²) in [4.78, 5) is 13.4. The van der Waals surface area contributed by atoms with Crippen molar-refractivity contribution in [3.63, 3.8) is 0 Å². The first kappa shape index (κ1) is 16.2. The normalized spacial score (nSPS) is 11.5. The number of likely N-dealkylation sites (N-methyl/N-ethyl adjacent to an activating group) is 2. The molecule has 1 rings (SSSR count). The van der Waals surface area contributed by atoms with Crippen LogP contribution in [0, 0.1) is 0 Å². The minimum absolute atomic E-state index is 0. The van der Waals surface area contributed by atoms with E-state index in [1.807, 2.05) is 31.2 Å². The van der Waals surface area contributed by atoms with Crippen molar-refractivity contribution in [1.82, 2.24) is 10.2 Å². The Kier molecular flexibility index (Phi) is 7.19. The molecule has 0 radical (unpaired) electrons. The number of hydrogen-bond acceptors (Lipinski definition) is 2. The first-order chi connectivity index (χ1) is 7.56. The third-order valence-electron chi connectivity index (χ3n) is 2.65. The number of hydrogen-bond donors (Lipinski definition) is 1. The molecule has 0 heterocycles. The minimum atomic E-state index is 0. The van der Waals surface area contributed by atoms with Gasteiger partial charge in [-0.15, -0.1) is 12.4 Å². The summed E-state index contributed by atoms with van der Waals surface area (Å²) in [7, 11) is 3.57. The SMILES string of the molecule is CNCC(=O)N(C)C(C)c1ccc(Cl)cc1.Cl. The molecule has 1 aromatic carbocycles. The van der Waals surface area contributed by atoms with Gasteiger partial charge in [0.1, 0.15) is 0 Å². The third-order valence-corrected chi connectivity index (χ3v) is 2.91. The second-order valence-corrected chi connectivity index (χ2v) is 4.20. The van der Waals surface area contributed by atoms with Crippen molar-refractivity contribution in [2.45, 2.75) is 13.0 Å². The molecular weight excluding hydrogens is 259 g/mol. The van der Waals surface area contributed by atoms with Crippen LogP contribution in [-0.4, -0.2) is 31.4 Å². The maximum atomic E-state index is 11.7. The van der Waals surface area contributed by atoms with Crippen LogP contribution in [0.25, 0.3) is 0 Å². The van der Waals surface area contributed by atoms with Gasteiger partial charge < -0.3 is 10.2 Å². The molecule has 96 valence electrons. The Bertz CT molecular complexity index is 354. The molecule has 1 atom stereocenters.